The van der Waals surface area contributed by atoms with Gasteiger partial charge in [-0.3, -0.25) is 0 Å². The molecule has 0 atom stereocenters. The van der Waals surface area contributed by atoms with Gasteiger partial charge >= 0.3 is 0 Å². The molecule has 0 N–H and O–H groups in total. The highest BCUT2D eigenvalue weighted by molar-refractivity contribution is 8.00. The lowest BCUT2D eigenvalue weighted by atomic mass is 10.0. The Labute approximate surface area is 798 Å². The highest BCUT2D eigenvalue weighted by Gasteiger charge is 2.26. The summed E-state index contributed by atoms with van der Waals surface area (Å²) in [4.78, 5) is 12.0. The summed E-state index contributed by atoms with van der Waals surface area (Å²) >= 11 is 3.72. The molecule has 7 nitrogen and oxygen atoms in total. The topological polar surface area (TPSA) is 33.7 Å². The van der Waals surface area contributed by atoms with Crippen LogP contribution >= 0.6 is 23.5 Å². The minimum absolute atomic E-state index is 0.886. The second-order valence-corrected chi connectivity index (χ2v) is 36.4. The van der Waals surface area contributed by atoms with Crippen LogP contribution in [-0.2, 0) is 21.1 Å². The van der Waals surface area contributed by atoms with Gasteiger partial charge in [0.05, 0.1) is 34.1 Å². The van der Waals surface area contributed by atoms with Gasteiger partial charge < -0.3 is 33.1 Å². The third-order valence-electron chi connectivity index (χ3n) is 26.1. The number of aryl methyl sites for hydroxylation is 3. The molecule has 9 heteroatoms. The molecule has 0 fully saturated rings. The van der Waals surface area contributed by atoms with Gasteiger partial charge in [-0.15, -0.1) is 0 Å². The van der Waals surface area contributed by atoms with Crippen LogP contribution in [0.1, 0.15) is 0 Å². The number of benzene rings is 20. The number of fused-ring (bicyclic) bond motifs is 15. The molecule has 26 rings (SSSR count). The Morgan fingerprint density at radius 3 is 0.652 bits per heavy atom. The van der Waals surface area contributed by atoms with E-state index in [1.165, 1.54) is 186 Å². The molecule has 3 aromatic heterocycles. The first-order valence-corrected chi connectivity index (χ1v) is 47.5. The summed E-state index contributed by atoms with van der Waals surface area (Å²) in [5.74, 6) is 1.77. The van der Waals surface area contributed by atoms with Crippen molar-refractivity contribution in [1.29, 1.82) is 0 Å². The van der Waals surface area contributed by atoms with Crippen molar-refractivity contribution in [3.05, 3.63) is 485 Å². The molecule has 650 valence electrons. The Kier molecular flexibility index (Phi) is 24.2. The fraction of sp³-hybridized carbons (Fsp3) is 0.0476. The maximum atomic E-state index is 6.33. The van der Waals surface area contributed by atoms with Gasteiger partial charge in [-0.1, -0.05) is 381 Å². The number of nitrogens with zero attached hydrogens (tertiary/aromatic N) is 6. The van der Waals surface area contributed by atoms with Crippen LogP contribution in [0.25, 0.3) is 154 Å². The third kappa shape index (κ3) is 17.5. The van der Waals surface area contributed by atoms with Crippen LogP contribution in [0, 0.1) is 0 Å². The molecule has 23 aromatic rings. The summed E-state index contributed by atoms with van der Waals surface area (Å²) in [5.41, 5.74) is 34.8. The minimum atomic E-state index is 0.886. The molecule has 0 amide bonds. The predicted molar refractivity (Wildman–Crippen MR) is 576 cm³/mol. The van der Waals surface area contributed by atoms with E-state index in [0.717, 1.165) is 34.0 Å². The molecule has 3 aliphatic heterocycles. The Balaban J connectivity index is 0.0000000981. The highest BCUT2D eigenvalue weighted by Crippen LogP contribution is 2.53. The van der Waals surface area contributed by atoms with Crippen LogP contribution in [-0.4, -0.2) is 34.8 Å². The van der Waals surface area contributed by atoms with Crippen LogP contribution in [0.2, 0.25) is 0 Å². The predicted octanol–water partition coefficient (Wildman–Crippen LogP) is 34.7. The fourth-order valence-electron chi connectivity index (χ4n) is 18.9. The lowest BCUT2D eigenvalue weighted by Crippen LogP contribution is -2.15. The average Bonchev–Trinajstić information content (AvgIpc) is 1.17. The van der Waals surface area contributed by atoms with Gasteiger partial charge in [0.1, 0.15) is 0 Å². The zero-order valence-corrected chi connectivity index (χ0v) is 77.7. The SMILES string of the molecule is CN1c2ccc(-c3ccccc3)cc2Oc2cc(-c3ccccc3)ccc21.CN1c2ccc(-c3ccccc3)cc2Sc2cc(-c3ccccc3)ccc21.CN1c2ccccc2Sc2cc(-c3ccccc3)ccc21.Cn1c2ccc(-c3ccccc3)cc2c2cc(-c3ccccc3)ccc21.Cn1c2ccccc2c2cc(-c3ccccc3)ccc21.Cn1c2ccccc2c2ccccc21. The monoisotopic (exact) mass is 1770 g/mol. The number of anilines is 6. The Morgan fingerprint density at radius 2 is 0.348 bits per heavy atom. The van der Waals surface area contributed by atoms with Crippen molar-refractivity contribution in [2.24, 2.45) is 21.1 Å². The quantitative estimate of drug-likeness (QED) is 0.151. The lowest BCUT2D eigenvalue weighted by molar-refractivity contribution is 0.476. The van der Waals surface area contributed by atoms with Gasteiger partial charge in [0, 0.05) is 127 Å². The zero-order valence-electron chi connectivity index (χ0n) is 76.1. The molecular formula is C126H98N6OS2. The maximum absolute atomic E-state index is 6.33. The summed E-state index contributed by atoms with van der Waals surface area (Å²) in [5, 5.41) is 7.94. The molecule has 0 unspecified atom stereocenters. The first-order chi connectivity index (χ1) is 66.4. The van der Waals surface area contributed by atoms with Crippen molar-refractivity contribution in [3.63, 3.8) is 0 Å². The first kappa shape index (κ1) is 85.5. The Hall–Kier alpha value is -16.3. The summed E-state index contributed by atoms with van der Waals surface area (Å²) in [6.07, 6.45) is 0. The summed E-state index contributed by atoms with van der Waals surface area (Å²) in [6.45, 7) is 0. The standard InChI is InChI=1S/C25H19NO.C25H19NS.C25H19N.C19H15NS.C19H15N.C13H11N/c2*1-26-22-14-12-20(18-8-4-2-5-9-18)16-24(22)27-25-17-21(13-15-23(25)26)19-10-6-3-7-11-19;1-26-24-14-12-20(18-8-4-2-5-9-18)16-22(24)23-17-21(13-15-25(23)26)19-10-6-3-7-11-19;1-20-16-9-5-6-10-18(16)21-19-13-15(11-12-17(19)20)14-7-3-2-4-8-14;1-20-18-10-6-5-9-16(18)17-13-15(11-12-19(17)20)14-7-3-2-4-8-14;1-14-12-8-4-2-6-10(12)11-7-3-5-9-13(11)14/h2*2-17H,1H3;2-17H,1H3;2-13H,1H3;2-13H,1H3;2-9H,1H3. The van der Waals surface area contributed by atoms with E-state index in [-0.39, 0.29) is 0 Å². The zero-order chi connectivity index (χ0) is 91.2. The molecular weight excluding hydrogens is 1680 g/mol. The number of rotatable bonds is 8. The van der Waals surface area contributed by atoms with E-state index in [4.69, 9.17) is 4.74 Å². The van der Waals surface area contributed by atoms with Crippen molar-refractivity contribution >= 4 is 123 Å². The van der Waals surface area contributed by atoms with Crippen LogP contribution in [0.4, 0.5) is 34.1 Å². The van der Waals surface area contributed by atoms with E-state index in [0.29, 0.717) is 0 Å². The van der Waals surface area contributed by atoms with Crippen LogP contribution < -0.4 is 19.4 Å². The fourth-order valence-corrected chi connectivity index (χ4v) is 21.3. The van der Waals surface area contributed by atoms with Crippen molar-refractivity contribution < 1.29 is 4.74 Å². The smallest absolute Gasteiger partial charge is 0.151 e. The van der Waals surface area contributed by atoms with E-state index in [9.17, 15) is 0 Å². The molecule has 0 bridgehead atoms. The molecule has 0 aliphatic carbocycles. The number of aromatic nitrogens is 3. The highest BCUT2D eigenvalue weighted by atomic mass is 32.2. The number of hydrogen-bond donors (Lipinski definition) is 0. The second-order valence-electron chi connectivity index (χ2n) is 34.2. The van der Waals surface area contributed by atoms with E-state index >= 15 is 0 Å². The van der Waals surface area contributed by atoms with Crippen molar-refractivity contribution in [2.45, 2.75) is 19.6 Å². The van der Waals surface area contributed by atoms with Gasteiger partial charge in [-0.25, -0.2) is 0 Å². The lowest BCUT2D eigenvalue weighted by Gasteiger charge is -2.30. The largest absolute Gasteiger partial charge is 0.453 e. The summed E-state index contributed by atoms with van der Waals surface area (Å²) in [7, 11) is 12.8. The number of hydrogen-bond acceptors (Lipinski definition) is 6. The van der Waals surface area contributed by atoms with Gasteiger partial charge in [-0.05, 0) is 216 Å². The normalized spacial score (nSPS) is 11.9. The molecule has 0 saturated carbocycles. The molecule has 3 aliphatic rings. The van der Waals surface area contributed by atoms with E-state index in [2.05, 4.69) is 544 Å². The van der Waals surface area contributed by atoms with Crippen molar-refractivity contribution in [3.8, 4) is 101 Å². The molecule has 0 spiro atoms. The minimum Gasteiger partial charge on any atom is -0.453 e. The van der Waals surface area contributed by atoms with Crippen LogP contribution in [0.3, 0.4) is 0 Å². The van der Waals surface area contributed by atoms with Gasteiger partial charge in [0.25, 0.3) is 0 Å². The average molecular weight is 1780 g/mol. The molecule has 135 heavy (non-hydrogen) atoms. The van der Waals surface area contributed by atoms with Gasteiger partial charge in [-0.2, -0.15) is 0 Å². The van der Waals surface area contributed by atoms with Crippen molar-refractivity contribution in [2.75, 3.05) is 35.8 Å². The van der Waals surface area contributed by atoms with E-state index in [1.807, 2.05) is 35.7 Å². The van der Waals surface area contributed by atoms with E-state index < -0.39 is 0 Å². The summed E-state index contributed by atoms with van der Waals surface area (Å²) < 4.78 is 13.1. The third-order valence-corrected chi connectivity index (χ3v) is 28.3. The van der Waals surface area contributed by atoms with E-state index in [1.54, 1.807) is 0 Å². The summed E-state index contributed by atoms with van der Waals surface area (Å²) in [6, 6.07) is 172. The number of para-hydroxylation sites is 4. The number of ether oxygens (including phenoxy) is 1. The Bertz CT molecular complexity index is 7700. The van der Waals surface area contributed by atoms with Crippen LogP contribution in [0.15, 0.2) is 505 Å². The van der Waals surface area contributed by atoms with Crippen LogP contribution in [0.5, 0.6) is 11.5 Å². The molecule has 20 aromatic carbocycles. The molecule has 0 saturated heterocycles. The Morgan fingerprint density at radius 1 is 0.148 bits per heavy atom. The van der Waals surface area contributed by atoms with Gasteiger partial charge in [0.2, 0.25) is 0 Å². The second kappa shape index (κ2) is 38.3. The van der Waals surface area contributed by atoms with Gasteiger partial charge in [0.15, 0.2) is 11.5 Å². The molecule has 6 heterocycles. The maximum Gasteiger partial charge on any atom is 0.151 e. The first-order valence-electron chi connectivity index (χ1n) is 45.8. The molecule has 0 radical (unpaired) electrons. The van der Waals surface area contributed by atoms with Crippen molar-refractivity contribution in [1.82, 2.24) is 13.7 Å².